The fourth-order valence-corrected chi connectivity index (χ4v) is 2.98. The van der Waals surface area contributed by atoms with E-state index in [0.717, 1.165) is 29.3 Å². The number of oxazole rings is 1. The summed E-state index contributed by atoms with van der Waals surface area (Å²) in [6, 6.07) is 15.7. The van der Waals surface area contributed by atoms with E-state index in [1.54, 1.807) is 7.11 Å². The molecule has 0 saturated heterocycles. The second-order valence-corrected chi connectivity index (χ2v) is 6.85. The van der Waals surface area contributed by atoms with Crippen LogP contribution >= 0.6 is 11.6 Å². The van der Waals surface area contributed by atoms with Crippen LogP contribution in [0.2, 0.25) is 5.02 Å². The zero-order valence-electron chi connectivity index (χ0n) is 15.5. The fraction of sp³-hybridized carbons (Fsp3) is 0.286. The predicted molar refractivity (Wildman–Crippen MR) is 105 cm³/mol. The minimum absolute atomic E-state index is 0.0425. The number of ether oxygens (including phenoxy) is 1. The molecule has 0 aliphatic heterocycles. The number of halogens is 1. The van der Waals surface area contributed by atoms with Gasteiger partial charge in [0.25, 0.3) is 0 Å². The second kappa shape index (κ2) is 7.94. The number of aromatic nitrogens is 1. The van der Waals surface area contributed by atoms with Crippen LogP contribution in [-0.2, 0) is 6.54 Å². The first-order valence-corrected chi connectivity index (χ1v) is 8.92. The number of benzene rings is 2. The lowest BCUT2D eigenvalue weighted by atomic mass is 10.1. The highest BCUT2D eigenvalue weighted by Crippen LogP contribution is 2.30. The molecule has 3 rings (SSSR count). The maximum absolute atomic E-state index is 6.09. The molecule has 1 atom stereocenters. The molecule has 26 heavy (non-hydrogen) atoms. The number of methoxy groups -OCH3 is 1. The van der Waals surface area contributed by atoms with E-state index < -0.39 is 0 Å². The Balaban J connectivity index is 1.77. The molecule has 4 nitrogen and oxygen atoms in total. The highest BCUT2D eigenvalue weighted by Gasteiger charge is 2.20. The lowest BCUT2D eigenvalue weighted by Gasteiger charge is -2.22. The van der Waals surface area contributed by atoms with Crippen molar-refractivity contribution in [3.8, 4) is 17.1 Å². The molecule has 2 aromatic carbocycles. The highest BCUT2D eigenvalue weighted by atomic mass is 35.5. The first-order chi connectivity index (χ1) is 12.5. The summed E-state index contributed by atoms with van der Waals surface area (Å²) >= 11 is 5.97. The molecule has 0 saturated carbocycles. The standard InChI is InChI=1S/C21H23ClN2O2/c1-14-20(17-8-10-18(22)11-9-17)26-21(23-14)15(2)24(3)13-16-6-5-7-19(12-16)25-4/h5-12,15H,13H2,1-4H3/t15-/m0/s1. The Hall–Kier alpha value is -2.30. The number of rotatable bonds is 6. The summed E-state index contributed by atoms with van der Waals surface area (Å²) in [7, 11) is 3.74. The maximum Gasteiger partial charge on any atom is 0.212 e. The Morgan fingerprint density at radius 2 is 1.92 bits per heavy atom. The van der Waals surface area contributed by atoms with Crippen LogP contribution in [0.1, 0.15) is 30.1 Å². The molecule has 1 heterocycles. The molecule has 0 spiro atoms. The smallest absolute Gasteiger partial charge is 0.212 e. The van der Waals surface area contributed by atoms with Crippen molar-refractivity contribution < 1.29 is 9.15 Å². The third kappa shape index (κ3) is 4.09. The van der Waals surface area contributed by atoms with E-state index in [9.17, 15) is 0 Å². The first kappa shape index (κ1) is 18.5. The molecular formula is C21H23ClN2O2. The average Bonchev–Trinajstić information content (AvgIpc) is 3.03. The minimum atomic E-state index is 0.0425. The van der Waals surface area contributed by atoms with Crippen LogP contribution in [0, 0.1) is 6.92 Å². The van der Waals surface area contributed by atoms with E-state index >= 15 is 0 Å². The van der Waals surface area contributed by atoms with Crippen LogP contribution in [0.4, 0.5) is 0 Å². The SMILES string of the molecule is COc1cccc(CN(C)[C@@H](C)c2nc(C)c(-c3ccc(Cl)cc3)o2)c1. The molecule has 0 aliphatic rings. The van der Waals surface area contributed by atoms with Crippen molar-refractivity contribution in [2.75, 3.05) is 14.2 Å². The Morgan fingerprint density at radius 3 is 2.62 bits per heavy atom. The lowest BCUT2D eigenvalue weighted by molar-refractivity contribution is 0.218. The van der Waals surface area contributed by atoms with Crippen molar-refractivity contribution in [2.24, 2.45) is 0 Å². The summed E-state index contributed by atoms with van der Waals surface area (Å²) in [6.45, 7) is 4.83. The van der Waals surface area contributed by atoms with Crippen molar-refractivity contribution in [3.05, 3.63) is 70.7 Å². The Labute approximate surface area is 159 Å². The van der Waals surface area contributed by atoms with Gasteiger partial charge >= 0.3 is 0 Å². The first-order valence-electron chi connectivity index (χ1n) is 8.54. The Kier molecular flexibility index (Phi) is 5.64. The van der Waals surface area contributed by atoms with E-state index in [2.05, 4.69) is 29.9 Å². The lowest BCUT2D eigenvalue weighted by Crippen LogP contribution is -2.22. The van der Waals surface area contributed by atoms with Gasteiger partial charge in [-0.05, 0) is 62.9 Å². The molecular weight excluding hydrogens is 348 g/mol. The van der Waals surface area contributed by atoms with Gasteiger partial charge in [0, 0.05) is 17.1 Å². The largest absolute Gasteiger partial charge is 0.497 e. The molecule has 0 unspecified atom stereocenters. The summed E-state index contributed by atoms with van der Waals surface area (Å²) in [6.07, 6.45) is 0. The molecule has 0 radical (unpaired) electrons. The number of hydrogen-bond donors (Lipinski definition) is 0. The van der Waals surface area contributed by atoms with Crippen LogP contribution in [0.25, 0.3) is 11.3 Å². The molecule has 0 N–H and O–H groups in total. The molecule has 3 aromatic rings. The van der Waals surface area contributed by atoms with Gasteiger partial charge in [0.2, 0.25) is 5.89 Å². The quantitative estimate of drug-likeness (QED) is 0.573. The third-order valence-electron chi connectivity index (χ3n) is 4.50. The van der Waals surface area contributed by atoms with Gasteiger partial charge in [-0.25, -0.2) is 4.98 Å². The summed E-state index contributed by atoms with van der Waals surface area (Å²) in [5.41, 5.74) is 3.04. The molecule has 0 fully saturated rings. The van der Waals surface area contributed by atoms with Gasteiger partial charge < -0.3 is 9.15 Å². The van der Waals surface area contributed by atoms with E-state index in [1.807, 2.05) is 49.4 Å². The van der Waals surface area contributed by atoms with Crippen LogP contribution in [0.5, 0.6) is 5.75 Å². The van der Waals surface area contributed by atoms with Crippen LogP contribution < -0.4 is 4.74 Å². The van der Waals surface area contributed by atoms with Gasteiger partial charge in [0.05, 0.1) is 18.8 Å². The Bertz CT molecular complexity index is 874. The minimum Gasteiger partial charge on any atom is -0.497 e. The number of hydrogen-bond acceptors (Lipinski definition) is 4. The van der Waals surface area contributed by atoms with Crippen molar-refractivity contribution in [1.29, 1.82) is 0 Å². The number of nitrogens with zero attached hydrogens (tertiary/aromatic N) is 2. The predicted octanol–water partition coefficient (Wildman–Crippen LogP) is 5.51. The van der Waals surface area contributed by atoms with Gasteiger partial charge in [0.1, 0.15) is 5.75 Å². The zero-order valence-corrected chi connectivity index (χ0v) is 16.2. The summed E-state index contributed by atoms with van der Waals surface area (Å²) in [5.74, 6) is 2.36. The van der Waals surface area contributed by atoms with Gasteiger partial charge in [-0.2, -0.15) is 0 Å². The molecule has 0 aliphatic carbocycles. The Morgan fingerprint density at radius 1 is 1.19 bits per heavy atom. The van der Waals surface area contributed by atoms with Gasteiger partial charge in [0.15, 0.2) is 5.76 Å². The molecule has 1 aromatic heterocycles. The van der Waals surface area contributed by atoms with Crippen LogP contribution in [0.3, 0.4) is 0 Å². The van der Waals surface area contributed by atoms with Crippen molar-refractivity contribution >= 4 is 11.6 Å². The normalized spacial score (nSPS) is 12.4. The third-order valence-corrected chi connectivity index (χ3v) is 4.76. The van der Waals surface area contributed by atoms with Crippen molar-refractivity contribution in [1.82, 2.24) is 9.88 Å². The van der Waals surface area contributed by atoms with Crippen molar-refractivity contribution in [3.63, 3.8) is 0 Å². The topological polar surface area (TPSA) is 38.5 Å². The molecule has 0 amide bonds. The average molecular weight is 371 g/mol. The number of aryl methyl sites for hydroxylation is 1. The van der Waals surface area contributed by atoms with E-state index in [4.69, 9.17) is 20.8 Å². The van der Waals surface area contributed by atoms with Gasteiger partial charge in [-0.15, -0.1) is 0 Å². The fourth-order valence-electron chi connectivity index (χ4n) is 2.85. The van der Waals surface area contributed by atoms with Crippen LogP contribution in [0.15, 0.2) is 52.9 Å². The summed E-state index contributed by atoms with van der Waals surface area (Å²) in [4.78, 5) is 6.84. The van der Waals surface area contributed by atoms with Crippen molar-refractivity contribution in [2.45, 2.75) is 26.4 Å². The maximum atomic E-state index is 6.09. The summed E-state index contributed by atoms with van der Waals surface area (Å²) in [5, 5.41) is 0.706. The molecule has 5 heteroatoms. The van der Waals surface area contributed by atoms with Gasteiger partial charge in [-0.3, -0.25) is 4.90 Å². The van der Waals surface area contributed by atoms with E-state index in [-0.39, 0.29) is 6.04 Å². The van der Waals surface area contributed by atoms with Crippen LogP contribution in [-0.4, -0.2) is 24.0 Å². The van der Waals surface area contributed by atoms with E-state index in [1.165, 1.54) is 5.56 Å². The molecule has 0 bridgehead atoms. The second-order valence-electron chi connectivity index (χ2n) is 6.42. The van der Waals surface area contributed by atoms with E-state index in [0.29, 0.717) is 10.9 Å². The molecule has 136 valence electrons. The zero-order chi connectivity index (χ0) is 18.7. The monoisotopic (exact) mass is 370 g/mol. The van der Waals surface area contributed by atoms with Gasteiger partial charge in [-0.1, -0.05) is 23.7 Å². The highest BCUT2D eigenvalue weighted by molar-refractivity contribution is 6.30. The summed E-state index contributed by atoms with van der Waals surface area (Å²) < 4.78 is 11.4.